The second-order valence-corrected chi connectivity index (χ2v) is 6.28. The van der Waals surface area contributed by atoms with Crippen molar-refractivity contribution in [3.05, 3.63) is 34.2 Å². The fraction of sp³-hybridized carbons (Fsp3) is 0.500. The van der Waals surface area contributed by atoms with Crippen molar-refractivity contribution in [2.45, 2.75) is 25.4 Å². The Morgan fingerprint density at radius 2 is 2.08 bits per heavy atom. The number of fused-ring (bicyclic) bond motifs is 1. The van der Waals surface area contributed by atoms with Crippen LogP contribution < -0.4 is 5.69 Å². The van der Waals surface area contributed by atoms with Crippen molar-refractivity contribution in [2.24, 2.45) is 13.0 Å². The van der Waals surface area contributed by atoms with Crippen LogP contribution in [0, 0.1) is 5.92 Å². The number of aromatic nitrogens is 2. The number of imidazole rings is 1. The molecular weight excluding hydrogens is 323 g/mol. The van der Waals surface area contributed by atoms with Crippen LogP contribution >= 0.6 is 0 Å². The summed E-state index contributed by atoms with van der Waals surface area (Å²) in [4.78, 5) is 28.1. The van der Waals surface area contributed by atoms with E-state index in [2.05, 4.69) is 4.98 Å². The molecule has 0 spiro atoms. The Kier molecular flexibility index (Phi) is 4.15. The molecule has 1 saturated carbocycles. The van der Waals surface area contributed by atoms with Crippen molar-refractivity contribution in [1.29, 1.82) is 0 Å². The van der Waals surface area contributed by atoms with Gasteiger partial charge in [-0.2, -0.15) is 13.2 Å². The molecule has 1 N–H and O–H groups in total. The van der Waals surface area contributed by atoms with Crippen LogP contribution in [0.4, 0.5) is 13.2 Å². The summed E-state index contributed by atoms with van der Waals surface area (Å²) in [6, 6.07) is 4.69. The van der Waals surface area contributed by atoms with Crippen LogP contribution in [0.3, 0.4) is 0 Å². The van der Waals surface area contributed by atoms with Crippen molar-refractivity contribution >= 4 is 16.9 Å². The normalized spacial score (nSPS) is 15.0. The highest BCUT2D eigenvalue weighted by atomic mass is 19.4. The van der Waals surface area contributed by atoms with Crippen LogP contribution in [0.5, 0.6) is 0 Å². The molecule has 0 bridgehead atoms. The Bertz CT molecular complexity index is 818. The van der Waals surface area contributed by atoms with E-state index in [1.165, 1.54) is 15.5 Å². The third kappa shape index (κ3) is 3.63. The second-order valence-electron chi connectivity index (χ2n) is 6.28. The molecule has 1 amide bonds. The number of benzene rings is 1. The summed E-state index contributed by atoms with van der Waals surface area (Å²) in [6.45, 7) is 0.000437. The number of H-pyrrole nitrogens is 1. The molecule has 1 heterocycles. The van der Waals surface area contributed by atoms with Crippen LogP contribution in [0.2, 0.25) is 0 Å². The molecular formula is C16H18F3N3O2. The van der Waals surface area contributed by atoms with Gasteiger partial charge in [0.2, 0.25) is 0 Å². The van der Waals surface area contributed by atoms with E-state index in [0.717, 1.165) is 12.8 Å². The molecule has 8 heteroatoms. The van der Waals surface area contributed by atoms with Gasteiger partial charge in [0, 0.05) is 25.7 Å². The van der Waals surface area contributed by atoms with E-state index in [0.29, 0.717) is 23.5 Å². The summed E-state index contributed by atoms with van der Waals surface area (Å²) in [5.41, 5.74) is 1.12. The quantitative estimate of drug-likeness (QED) is 0.909. The minimum atomic E-state index is -4.29. The van der Waals surface area contributed by atoms with Crippen LogP contribution in [0.25, 0.3) is 11.0 Å². The molecule has 1 aromatic heterocycles. The first-order valence-corrected chi connectivity index (χ1v) is 7.79. The van der Waals surface area contributed by atoms with Gasteiger partial charge in [0.05, 0.1) is 17.5 Å². The SMILES string of the molecule is Cn1c(=O)[nH]c2cc(C(=O)N(CCC(F)(F)F)CC3CC3)ccc21. The predicted octanol–water partition coefficient (Wildman–Crippen LogP) is 2.67. The van der Waals surface area contributed by atoms with Crippen LogP contribution in [-0.2, 0) is 7.05 Å². The van der Waals surface area contributed by atoms with Crippen LogP contribution in [-0.4, -0.2) is 39.6 Å². The minimum absolute atomic E-state index is 0.284. The lowest BCUT2D eigenvalue weighted by Crippen LogP contribution is -2.35. The van der Waals surface area contributed by atoms with E-state index < -0.39 is 18.5 Å². The summed E-state index contributed by atoms with van der Waals surface area (Å²) in [6.07, 6.45) is -3.42. The van der Waals surface area contributed by atoms with E-state index in [4.69, 9.17) is 0 Å². The Morgan fingerprint density at radius 3 is 2.71 bits per heavy atom. The predicted molar refractivity (Wildman–Crippen MR) is 82.8 cm³/mol. The largest absolute Gasteiger partial charge is 0.390 e. The first-order chi connectivity index (χ1) is 11.2. The van der Waals surface area contributed by atoms with Crippen molar-refractivity contribution < 1.29 is 18.0 Å². The molecule has 5 nitrogen and oxygen atoms in total. The molecule has 1 aliphatic carbocycles. The zero-order valence-electron chi connectivity index (χ0n) is 13.2. The number of carbonyl (C=O) groups is 1. The van der Waals surface area contributed by atoms with Gasteiger partial charge in [-0.25, -0.2) is 4.79 Å². The van der Waals surface area contributed by atoms with E-state index in [1.807, 2.05) is 0 Å². The molecule has 1 aromatic carbocycles. The number of amides is 1. The summed E-state index contributed by atoms with van der Waals surface area (Å²) in [5, 5.41) is 0. The molecule has 0 radical (unpaired) electrons. The van der Waals surface area contributed by atoms with Crippen LogP contribution in [0.1, 0.15) is 29.6 Å². The summed E-state index contributed by atoms with van der Waals surface area (Å²) in [7, 11) is 1.60. The third-order valence-electron chi connectivity index (χ3n) is 4.28. The number of rotatable bonds is 5. The summed E-state index contributed by atoms with van der Waals surface area (Å²) >= 11 is 0. The minimum Gasteiger partial charge on any atom is -0.338 e. The Morgan fingerprint density at radius 1 is 1.38 bits per heavy atom. The molecule has 0 atom stereocenters. The highest BCUT2D eigenvalue weighted by Gasteiger charge is 2.32. The maximum absolute atomic E-state index is 12.6. The number of nitrogens with zero attached hydrogens (tertiary/aromatic N) is 2. The maximum atomic E-state index is 12.6. The highest BCUT2D eigenvalue weighted by Crippen LogP contribution is 2.31. The molecule has 1 fully saturated rings. The topological polar surface area (TPSA) is 58.1 Å². The van der Waals surface area contributed by atoms with E-state index in [1.54, 1.807) is 19.2 Å². The summed E-state index contributed by atoms with van der Waals surface area (Å²) < 4.78 is 38.9. The number of nitrogens with one attached hydrogen (secondary N) is 1. The monoisotopic (exact) mass is 341 g/mol. The molecule has 0 saturated heterocycles. The third-order valence-corrected chi connectivity index (χ3v) is 4.28. The number of aryl methyl sites for hydroxylation is 1. The summed E-state index contributed by atoms with van der Waals surface area (Å²) in [5.74, 6) is -0.139. The highest BCUT2D eigenvalue weighted by molar-refractivity contribution is 5.97. The zero-order valence-corrected chi connectivity index (χ0v) is 13.2. The molecule has 24 heavy (non-hydrogen) atoms. The smallest absolute Gasteiger partial charge is 0.338 e. The Balaban J connectivity index is 1.84. The fourth-order valence-electron chi connectivity index (χ4n) is 2.70. The maximum Gasteiger partial charge on any atom is 0.390 e. The zero-order chi connectivity index (χ0) is 17.5. The van der Waals surface area contributed by atoms with Crippen LogP contribution in [0.15, 0.2) is 23.0 Å². The van der Waals surface area contributed by atoms with Gasteiger partial charge < -0.3 is 9.88 Å². The van der Waals surface area contributed by atoms with Gasteiger partial charge in [0.25, 0.3) is 5.91 Å². The van der Waals surface area contributed by atoms with Crippen molar-refractivity contribution in [1.82, 2.24) is 14.5 Å². The average Bonchev–Trinajstić information content (AvgIpc) is 3.28. The van der Waals surface area contributed by atoms with Gasteiger partial charge in [0.1, 0.15) is 0 Å². The molecule has 130 valence electrons. The van der Waals surface area contributed by atoms with E-state index in [-0.39, 0.29) is 17.8 Å². The average molecular weight is 341 g/mol. The standard InChI is InChI=1S/C16H18F3N3O2/c1-21-13-5-4-11(8-12(13)20-15(21)24)14(23)22(9-10-2-3-10)7-6-16(17,18)19/h4-5,8,10H,2-3,6-7,9H2,1H3,(H,20,24). The molecule has 0 aliphatic heterocycles. The fourth-order valence-corrected chi connectivity index (χ4v) is 2.70. The second kappa shape index (κ2) is 5.99. The van der Waals surface area contributed by atoms with Crippen molar-refractivity contribution in [3.8, 4) is 0 Å². The number of hydrogen-bond donors (Lipinski definition) is 1. The first-order valence-electron chi connectivity index (χ1n) is 7.79. The number of halogens is 3. The lowest BCUT2D eigenvalue weighted by atomic mass is 10.1. The Hall–Kier alpha value is -2.25. The van der Waals surface area contributed by atoms with Gasteiger partial charge >= 0.3 is 11.9 Å². The molecule has 0 unspecified atom stereocenters. The van der Waals surface area contributed by atoms with Crippen molar-refractivity contribution in [3.63, 3.8) is 0 Å². The number of alkyl halides is 3. The molecule has 2 aromatic rings. The molecule has 1 aliphatic rings. The van der Waals surface area contributed by atoms with Gasteiger partial charge in [-0.3, -0.25) is 9.36 Å². The lowest BCUT2D eigenvalue weighted by molar-refractivity contribution is -0.136. The number of carbonyl (C=O) groups excluding carboxylic acids is 1. The van der Waals surface area contributed by atoms with Gasteiger partial charge in [0.15, 0.2) is 0 Å². The van der Waals surface area contributed by atoms with Gasteiger partial charge in [-0.15, -0.1) is 0 Å². The lowest BCUT2D eigenvalue weighted by Gasteiger charge is -2.23. The van der Waals surface area contributed by atoms with Gasteiger partial charge in [-0.1, -0.05) is 0 Å². The van der Waals surface area contributed by atoms with Gasteiger partial charge in [-0.05, 0) is 37.0 Å². The van der Waals surface area contributed by atoms with E-state index >= 15 is 0 Å². The van der Waals surface area contributed by atoms with E-state index in [9.17, 15) is 22.8 Å². The number of hydrogen-bond acceptors (Lipinski definition) is 2. The Labute approximate surface area is 136 Å². The molecule has 3 rings (SSSR count). The first kappa shape index (κ1) is 16.6. The van der Waals surface area contributed by atoms with Crippen molar-refractivity contribution in [2.75, 3.05) is 13.1 Å². The number of aromatic amines is 1.